The normalized spacial score (nSPS) is 13.8. The Bertz CT molecular complexity index is 2340. The molecule has 0 saturated heterocycles. The molecule has 41 heavy (non-hydrogen) atoms. The van der Waals surface area contributed by atoms with Gasteiger partial charge in [-0.2, -0.15) is 0 Å². The molecule has 194 valence electrons. The molecular weight excluding hydrogens is 515 g/mol. The third-order valence-electron chi connectivity index (χ3n) is 9.16. The number of para-hydroxylation sites is 3. The van der Waals surface area contributed by atoms with Gasteiger partial charge in [0.2, 0.25) is 0 Å². The van der Waals surface area contributed by atoms with Gasteiger partial charge in [0.05, 0.1) is 11.0 Å². The molecule has 0 aliphatic carbocycles. The van der Waals surface area contributed by atoms with E-state index in [4.69, 9.17) is 4.42 Å². The van der Waals surface area contributed by atoms with Crippen molar-refractivity contribution in [3.05, 3.63) is 127 Å². The van der Waals surface area contributed by atoms with Crippen molar-refractivity contribution in [2.45, 2.75) is 13.1 Å². The minimum Gasteiger partial charge on any atom is -0.456 e. The lowest BCUT2D eigenvalue weighted by molar-refractivity contribution is 0.669. The molecule has 9 rings (SSSR count). The molecule has 0 bridgehead atoms. The molecule has 0 N–H and O–H groups in total. The van der Waals surface area contributed by atoms with E-state index in [0.717, 1.165) is 11.2 Å². The first-order chi connectivity index (χ1) is 20.1. The highest BCUT2D eigenvalue weighted by Gasteiger charge is 2.41. The summed E-state index contributed by atoms with van der Waals surface area (Å²) in [5.74, 6) is 0. The molecule has 0 spiro atoms. The highest BCUT2D eigenvalue weighted by molar-refractivity contribution is 7.05. The fraction of sp³-hybridized carbons (Fsp3) is 0.0526. The summed E-state index contributed by atoms with van der Waals surface area (Å²) in [6.45, 7) is 5.04. The lowest BCUT2D eigenvalue weighted by atomic mass is 9.94. The van der Waals surface area contributed by atoms with E-state index in [1.807, 2.05) is 6.07 Å². The summed E-state index contributed by atoms with van der Waals surface area (Å²) in [6.07, 6.45) is 0. The number of furan rings is 1. The molecule has 0 atom stereocenters. The highest BCUT2D eigenvalue weighted by Crippen LogP contribution is 2.44. The van der Waals surface area contributed by atoms with Gasteiger partial charge in [-0.25, -0.2) is 0 Å². The number of hydrogen-bond acceptors (Lipinski definition) is 1. The van der Waals surface area contributed by atoms with Gasteiger partial charge >= 0.3 is 0 Å². The molecule has 3 heteroatoms. The van der Waals surface area contributed by atoms with Crippen molar-refractivity contribution < 1.29 is 4.42 Å². The second kappa shape index (κ2) is 8.09. The standard InChI is InChI=1S/C38H27NOSi/c1-41(2)35-19-11-8-16-28(35)36-37-31(26-14-6-9-17-32(26)39(37)25-12-4-3-5-13-25)23-29(38(36)41)24-20-21-34-30(22-24)27-15-7-10-18-33(27)40-34/h3-23H,1-2H3. The molecule has 6 aromatic carbocycles. The molecule has 1 aliphatic rings. The van der Waals surface area contributed by atoms with Gasteiger partial charge in [-0.05, 0) is 69.5 Å². The average Bonchev–Trinajstić information content (AvgIpc) is 3.63. The Morgan fingerprint density at radius 3 is 2.15 bits per heavy atom. The topological polar surface area (TPSA) is 18.1 Å². The summed E-state index contributed by atoms with van der Waals surface area (Å²) in [5.41, 5.74) is 11.0. The van der Waals surface area contributed by atoms with Gasteiger partial charge in [-0.1, -0.05) is 98.0 Å². The summed E-state index contributed by atoms with van der Waals surface area (Å²) in [6, 6.07) is 46.5. The van der Waals surface area contributed by atoms with Crippen LogP contribution in [0, 0.1) is 0 Å². The third kappa shape index (κ3) is 3.01. The summed E-state index contributed by atoms with van der Waals surface area (Å²) in [5, 5.41) is 7.98. The van der Waals surface area contributed by atoms with Crippen LogP contribution in [0.5, 0.6) is 0 Å². The molecule has 3 heterocycles. The Morgan fingerprint density at radius 1 is 0.561 bits per heavy atom. The molecule has 2 nitrogen and oxygen atoms in total. The van der Waals surface area contributed by atoms with Gasteiger partial charge in [0.1, 0.15) is 19.2 Å². The number of fused-ring (bicyclic) bond motifs is 10. The van der Waals surface area contributed by atoms with E-state index in [9.17, 15) is 0 Å². The zero-order valence-electron chi connectivity index (χ0n) is 23.0. The van der Waals surface area contributed by atoms with E-state index in [2.05, 4.69) is 139 Å². The zero-order valence-corrected chi connectivity index (χ0v) is 24.0. The number of nitrogens with zero attached hydrogens (tertiary/aromatic N) is 1. The first-order valence-electron chi connectivity index (χ1n) is 14.3. The van der Waals surface area contributed by atoms with Crippen LogP contribution in [0.15, 0.2) is 132 Å². The zero-order chi connectivity index (χ0) is 27.3. The van der Waals surface area contributed by atoms with Crippen LogP contribution in [0.4, 0.5) is 0 Å². The van der Waals surface area contributed by atoms with E-state index in [1.165, 1.54) is 70.9 Å². The molecular formula is C38H27NOSi. The molecule has 2 aromatic heterocycles. The highest BCUT2D eigenvalue weighted by atomic mass is 28.3. The number of aromatic nitrogens is 1. The van der Waals surface area contributed by atoms with Gasteiger partial charge in [0, 0.05) is 32.8 Å². The maximum Gasteiger partial charge on any atom is 0.135 e. The van der Waals surface area contributed by atoms with E-state index >= 15 is 0 Å². The quantitative estimate of drug-likeness (QED) is 0.200. The van der Waals surface area contributed by atoms with Crippen molar-refractivity contribution in [3.8, 4) is 27.9 Å². The third-order valence-corrected chi connectivity index (χ3v) is 12.7. The van der Waals surface area contributed by atoms with Gasteiger partial charge in [0.15, 0.2) is 0 Å². The predicted molar refractivity (Wildman–Crippen MR) is 176 cm³/mol. The predicted octanol–water partition coefficient (Wildman–Crippen LogP) is 9.15. The summed E-state index contributed by atoms with van der Waals surface area (Å²) < 4.78 is 8.71. The van der Waals surface area contributed by atoms with Crippen LogP contribution >= 0.6 is 0 Å². The average molecular weight is 542 g/mol. The Labute approximate surface area is 239 Å². The maximum atomic E-state index is 6.21. The molecule has 0 fully saturated rings. The molecule has 0 unspecified atom stereocenters. The SMILES string of the molecule is C[Si]1(C)c2ccccc2-c2c1c(-c1ccc3oc4ccccc4c3c1)cc1c3ccccc3n(-c3ccccc3)c21. The summed E-state index contributed by atoms with van der Waals surface area (Å²) >= 11 is 0. The first kappa shape index (κ1) is 22.9. The fourth-order valence-electron chi connectivity index (χ4n) is 7.39. The Balaban J connectivity index is 1.48. The van der Waals surface area contributed by atoms with Crippen molar-refractivity contribution in [1.82, 2.24) is 4.57 Å². The largest absolute Gasteiger partial charge is 0.456 e. The minimum absolute atomic E-state index is 0.938. The molecule has 0 saturated carbocycles. The number of hydrogen-bond donors (Lipinski definition) is 0. The molecule has 0 radical (unpaired) electrons. The first-order valence-corrected chi connectivity index (χ1v) is 17.3. The lowest BCUT2D eigenvalue weighted by Gasteiger charge is -2.23. The maximum absolute atomic E-state index is 6.21. The van der Waals surface area contributed by atoms with Crippen LogP contribution in [0.1, 0.15) is 0 Å². The van der Waals surface area contributed by atoms with Gasteiger partial charge in [-0.3, -0.25) is 0 Å². The van der Waals surface area contributed by atoms with Crippen molar-refractivity contribution in [2.24, 2.45) is 0 Å². The van der Waals surface area contributed by atoms with Crippen LogP contribution in [0.3, 0.4) is 0 Å². The van der Waals surface area contributed by atoms with Crippen LogP contribution in [-0.4, -0.2) is 12.6 Å². The Hall–Kier alpha value is -4.86. The second-order valence-electron chi connectivity index (χ2n) is 11.7. The van der Waals surface area contributed by atoms with Gasteiger partial charge in [-0.15, -0.1) is 0 Å². The van der Waals surface area contributed by atoms with Gasteiger partial charge < -0.3 is 8.98 Å². The smallest absolute Gasteiger partial charge is 0.135 e. The number of rotatable bonds is 2. The van der Waals surface area contributed by atoms with Crippen LogP contribution in [0.2, 0.25) is 13.1 Å². The molecule has 0 amide bonds. The van der Waals surface area contributed by atoms with E-state index in [-0.39, 0.29) is 0 Å². The Morgan fingerprint density at radius 2 is 1.27 bits per heavy atom. The van der Waals surface area contributed by atoms with Crippen LogP contribution in [-0.2, 0) is 0 Å². The van der Waals surface area contributed by atoms with E-state index in [0.29, 0.717) is 0 Å². The minimum atomic E-state index is -2.04. The van der Waals surface area contributed by atoms with E-state index in [1.54, 1.807) is 0 Å². The fourth-order valence-corrected chi connectivity index (χ4v) is 10.8. The summed E-state index contributed by atoms with van der Waals surface area (Å²) in [7, 11) is -2.04. The number of benzene rings is 6. The van der Waals surface area contributed by atoms with Crippen molar-refractivity contribution >= 4 is 62.2 Å². The Kier molecular flexibility index (Phi) is 4.52. The lowest BCUT2D eigenvalue weighted by Crippen LogP contribution is -2.50. The molecule has 1 aliphatic heterocycles. The molecule has 8 aromatic rings. The monoisotopic (exact) mass is 541 g/mol. The van der Waals surface area contributed by atoms with Crippen LogP contribution < -0.4 is 10.4 Å². The van der Waals surface area contributed by atoms with Gasteiger partial charge in [0.25, 0.3) is 0 Å². The summed E-state index contributed by atoms with van der Waals surface area (Å²) in [4.78, 5) is 0. The van der Waals surface area contributed by atoms with Crippen molar-refractivity contribution in [1.29, 1.82) is 0 Å². The van der Waals surface area contributed by atoms with Crippen molar-refractivity contribution in [3.63, 3.8) is 0 Å². The van der Waals surface area contributed by atoms with E-state index < -0.39 is 8.07 Å². The second-order valence-corrected chi connectivity index (χ2v) is 16.0. The van der Waals surface area contributed by atoms with Crippen molar-refractivity contribution in [2.75, 3.05) is 0 Å². The van der Waals surface area contributed by atoms with Crippen LogP contribution in [0.25, 0.3) is 71.7 Å².